The van der Waals surface area contributed by atoms with E-state index in [1.54, 1.807) is 0 Å². The Morgan fingerprint density at radius 1 is 1.03 bits per heavy atom. The third-order valence-corrected chi connectivity index (χ3v) is 6.66. The minimum atomic E-state index is 0.180. The van der Waals surface area contributed by atoms with Gasteiger partial charge in [-0.25, -0.2) is 0 Å². The van der Waals surface area contributed by atoms with Crippen LogP contribution in [0.4, 0.5) is 0 Å². The molecule has 150 valence electrons. The predicted molar refractivity (Wildman–Crippen MR) is 117 cm³/mol. The molecule has 2 aliphatic heterocycles. The van der Waals surface area contributed by atoms with Gasteiger partial charge in [0.15, 0.2) is 0 Å². The number of fused-ring (bicyclic) bond motifs is 1. The van der Waals surface area contributed by atoms with Crippen molar-refractivity contribution in [2.75, 3.05) is 32.7 Å². The number of aromatic nitrogens is 1. The van der Waals surface area contributed by atoms with E-state index in [0.717, 1.165) is 49.1 Å². The van der Waals surface area contributed by atoms with E-state index < -0.39 is 0 Å². The van der Waals surface area contributed by atoms with Crippen molar-refractivity contribution >= 4 is 16.8 Å². The number of rotatable bonds is 5. The number of nitrogens with zero attached hydrogens (tertiary/aromatic N) is 2. The van der Waals surface area contributed by atoms with E-state index in [1.165, 1.54) is 31.4 Å². The molecule has 2 fully saturated rings. The Morgan fingerprint density at radius 2 is 1.90 bits per heavy atom. The summed E-state index contributed by atoms with van der Waals surface area (Å²) in [6, 6.07) is 18.8. The number of hydrogen-bond donors (Lipinski definition) is 1. The highest BCUT2D eigenvalue weighted by atomic mass is 16.2. The number of piperidine rings is 1. The topological polar surface area (TPSA) is 39.3 Å². The fourth-order valence-electron chi connectivity index (χ4n) is 5.19. The Kier molecular flexibility index (Phi) is 4.88. The molecule has 1 spiro atoms. The lowest BCUT2D eigenvalue weighted by molar-refractivity contribution is -0.0397. The van der Waals surface area contributed by atoms with Gasteiger partial charge >= 0.3 is 0 Å². The molecule has 0 radical (unpaired) electrons. The maximum absolute atomic E-state index is 12.9. The van der Waals surface area contributed by atoms with Crippen LogP contribution in [0.1, 0.15) is 35.2 Å². The highest BCUT2D eigenvalue weighted by Gasteiger charge is 2.47. The monoisotopic (exact) mass is 387 g/mol. The van der Waals surface area contributed by atoms with Gasteiger partial charge in [0, 0.05) is 47.7 Å². The quantitative estimate of drug-likeness (QED) is 0.707. The lowest BCUT2D eigenvalue weighted by Gasteiger charge is -2.54. The van der Waals surface area contributed by atoms with Gasteiger partial charge in [0.1, 0.15) is 0 Å². The van der Waals surface area contributed by atoms with Crippen LogP contribution in [0.3, 0.4) is 0 Å². The first-order valence-electron chi connectivity index (χ1n) is 10.8. The fraction of sp³-hybridized carbons (Fsp3) is 0.400. The van der Waals surface area contributed by atoms with Crippen LogP contribution < -0.4 is 0 Å². The molecule has 2 aromatic carbocycles. The third-order valence-electron chi connectivity index (χ3n) is 6.66. The average Bonchev–Trinajstić information content (AvgIpc) is 3.20. The van der Waals surface area contributed by atoms with Gasteiger partial charge in [0.2, 0.25) is 0 Å². The minimum Gasteiger partial charge on any atom is -0.361 e. The molecule has 3 heterocycles. The SMILES string of the molecule is O=C(c1ccc2[nH]ccc2c1)N1CC2(CCCN(CCCc3ccccc3)C2)C1. The van der Waals surface area contributed by atoms with Gasteiger partial charge in [0.05, 0.1) is 0 Å². The van der Waals surface area contributed by atoms with Crippen molar-refractivity contribution < 1.29 is 4.79 Å². The lowest BCUT2D eigenvalue weighted by Crippen LogP contribution is -2.64. The summed E-state index contributed by atoms with van der Waals surface area (Å²) < 4.78 is 0. The van der Waals surface area contributed by atoms with Gasteiger partial charge in [-0.05, 0) is 68.6 Å². The number of H-pyrrole nitrogens is 1. The van der Waals surface area contributed by atoms with Crippen LogP contribution in [0.5, 0.6) is 0 Å². The van der Waals surface area contributed by atoms with Crippen molar-refractivity contribution in [2.24, 2.45) is 5.41 Å². The van der Waals surface area contributed by atoms with Crippen molar-refractivity contribution in [2.45, 2.75) is 25.7 Å². The minimum absolute atomic E-state index is 0.180. The molecule has 2 aliphatic rings. The molecule has 5 rings (SSSR count). The molecule has 4 nitrogen and oxygen atoms in total. The van der Waals surface area contributed by atoms with Crippen LogP contribution in [0.15, 0.2) is 60.8 Å². The highest BCUT2D eigenvalue weighted by Crippen LogP contribution is 2.39. The summed E-state index contributed by atoms with van der Waals surface area (Å²) in [5.41, 5.74) is 3.64. The van der Waals surface area contributed by atoms with E-state index in [2.05, 4.69) is 40.2 Å². The van der Waals surface area contributed by atoms with Gasteiger partial charge in [-0.15, -0.1) is 0 Å². The second-order valence-electron chi connectivity index (χ2n) is 8.91. The van der Waals surface area contributed by atoms with E-state index in [9.17, 15) is 4.79 Å². The molecule has 0 atom stereocenters. The molecular formula is C25H29N3O. The smallest absolute Gasteiger partial charge is 0.253 e. The van der Waals surface area contributed by atoms with Crippen LogP contribution in [0.2, 0.25) is 0 Å². The number of aryl methyl sites for hydroxylation is 1. The molecule has 2 saturated heterocycles. The number of aromatic amines is 1. The van der Waals surface area contributed by atoms with Gasteiger partial charge in [0.25, 0.3) is 5.91 Å². The lowest BCUT2D eigenvalue weighted by atomic mass is 9.73. The number of likely N-dealkylation sites (tertiary alicyclic amines) is 2. The van der Waals surface area contributed by atoms with E-state index in [1.807, 2.05) is 35.4 Å². The van der Waals surface area contributed by atoms with E-state index in [-0.39, 0.29) is 5.91 Å². The third kappa shape index (κ3) is 3.82. The first-order valence-corrected chi connectivity index (χ1v) is 10.8. The maximum Gasteiger partial charge on any atom is 0.253 e. The normalized spacial score (nSPS) is 18.8. The summed E-state index contributed by atoms with van der Waals surface area (Å²) in [7, 11) is 0. The van der Waals surface area contributed by atoms with E-state index in [4.69, 9.17) is 0 Å². The van der Waals surface area contributed by atoms with Crippen LogP contribution in [-0.4, -0.2) is 53.4 Å². The number of nitrogens with one attached hydrogen (secondary N) is 1. The van der Waals surface area contributed by atoms with Gasteiger partial charge in [-0.3, -0.25) is 4.79 Å². The molecule has 29 heavy (non-hydrogen) atoms. The van der Waals surface area contributed by atoms with Crippen molar-refractivity contribution in [3.05, 3.63) is 71.9 Å². The van der Waals surface area contributed by atoms with Gasteiger partial charge in [-0.2, -0.15) is 0 Å². The van der Waals surface area contributed by atoms with Gasteiger partial charge < -0.3 is 14.8 Å². The molecular weight excluding hydrogens is 358 g/mol. The van der Waals surface area contributed by atoms with Crippen molar-refractivity contribution in [1.29, 1.82) is 0 Å². The Morgan fingerprint density at radius 3 is 2.76 bits per heavy atom. The predicted octanol–water partition coefficient (Wildman–Crippen LogP) is 4.34. The number of carbonyl (C=O) groups excluding carboxylic acids is 1. The molecule has 1 N–H and O–H groups in total. The summed E-state index contributed by atoms with van der Waals surface area (Å²) in [5, 5.41) is 1.10. The molecule has 0 bridgehead atoms. The molecule has 1 aromatic heterocycles. The Hall–Kier alpha value is -2.59. The molecule has 1 amide bonds. The number of carbonyl (C=O) groups is 1. The zero-order chi connectivity index (χ0) is 19.7. The summed E-state index contributed by atoms with van der Waals surface area (Å²) in [6.07, 6.45) is 6.79. The van der Waals surface area contributed by atoms with Crippen LogP contribution in [0, 0.1) is 5.41 Å². The first-order chi connectivity index (χ1) is 14.2. The van der Waals surface area contributed by atoms with Gasteiger partial charge in [-0.1, -0.05) is 30.3 Å². The standard InChI is InChI=1S/C25H29N3O/c29-24(22-9-10-23-21(16-22)11-13-26-23)28-18-25(19-28)12-5-15-27(17-25)14-4-8-20-6-2-1-3-7-20/h1-3,6-7,9-11,13,16,26H,4-5,8,12,14-15,17-19H2. The van der Waals surface area contributed by atoms with Crippen molar-refractivity contribution in [1.82, 2.24) is 14.8 Å². The van der Waals surface area contributed by atoms with E-state index in [0.29, 0.717) is 5.41 Å². The average molecular weight is 388 g/mol. The zero-order valence-corrected chi connectivity index (χ0v) is 16.9. The van der Waals surface area contributed by atoms with Crippen molar-refractivity contribution in [3.8, 4) is 0 Å². The molecule has 4 heteroatoms. The molecule has 0 unspecified atom stereocenters. The first kappa shape index (κ1) is 18.4. The highest BCUT2D eigenvalue weighted by molar-refractivity contribution is 5.98. The fourth-order valence-corrected chi connectivity index (χ4v) is 5.19. The molecule has 0 aliphatic carbocycles. The summed E-state index contributed by atoms with van der Waals surface area (Å²) in [6.45, 7) is 5.32. The van der Waals surface area contributed by atoms with Crippen LogP contribution in [0.25, 0.3) is 10.9 Å². The molecule has 0 saturated carbocycles. The summed E-state index contributed by atoms with van der Waals surface area (Å²) in [4.78, 5) is 20.8. The second kappa shape index (κ2) is 7.68. The number of benzene rings is 2. The number of hydrogen-bond acceptors (Lipinski definition) is 2. The zero-order valence-electron chi connectivity index (χ0n) is 16.9. The van der Waals surface area contributed by atoms with Crippen molar-refractivity contribution in [3.63, 3.8) is 0 Å². The van der Waals surface area contributed by atoms with Crippen LogP contribution >= 0.6 is 0 Å². The summed E-state index contributed by atoms with van der Waals surface area (Å²) in [5.74, 6) is 0.180. The van der Waals surface area contributed by atoms with E-state index >= 15 is 0 Å². The number of amides is 1. The Balaban J connectivity index is 1.15. The van der Waals surface area contributed by atoms with Crippen LogP contribution in [-0.2, 0) is 6.42 Å². The Bertz CT molecular complexity index is 987. The maximum atomic E-state index is 12.9. The largest absolute Gasteiger partial charge is 0.361 e. The molecule has 3 aromatic rings. The summed E-state index contributed by atoms with van der Waals surface area (Å²) >= 11 is 0. The second-order valence-corrected chi connectivity index (χ2v) is 8.91. The Labute approximate surface area is 172 Å².